The highest BCUT2D eigenvalue weighted by Crippen LogP contribution is 2.42. The van der Waals surface area contributed by atoms with Crippen LogP contribution in [0.3, 0.4) is 0 Å². The van der Waals surface area contributed by atoms with E-state index < -0.39 is 17.2 Å². The Kier molecular flexibility index (Phi) is 8.47. The van der Waals surface area contributed by atoms with Crippen molar-refractivity contribution in [3.8, 4) is 5.75 Å². The Morgan fingerprint density at radius 2 is 1.73 bits per heavy atom. The fourth-order valence-electron chi connectivity index (χ4n) is 6.14. The maximum absolute atomic E-state index is 14.9. The molecule has 3 aromatic carbocycles. The minimum atomic E-state index is -1.01. The van der Waals surface area contributed by atoms with E-state index in [1.807, 2.05) is 25.1 Å². The molecule has 0 saturated carbocycles. The zero-order valence-corrected chi connectivity index (χ0v) is 24.8. The monoisotopic (exact) mass is 603 g/mol. The molecule has 0 spiro atoms. The summed E-state index contributed by atoms with van der Waals surface area (Å²) in [6.07, 6.45) is 3.47. The van der Waals surface area contributed by atoms with Crippen LogP contribution >= 0.6 is 0 Å². The zero-order valence-electron chi connectivity index (χ0n) is 24.8. The van der Waals surface area contributed by atoms with Crippen LogP contribution < -0.4 is 14.5 Å². The van der Waals surface area contributed by atoms with Gasteiger partial charge in [0, 0.05) is 55.1 Å². The second kappa shape index (κ2) is 12.6. The topological polar surface area (TPSA) is 82.0 Å². The van der Waals surface area contributed by atoms with Crippen molar-refractivity contribution in [2.75, 3.05) is 56.3 Å². The van der Waals surface area contributed by atoms with Gasteiger partial charge < -0.3 is 24.0 Å². The number of anilines is 2. The van der Waals surface area contributed by atoms with Gasteiger partial charge in [-0.3, -0.25) is 0 Å². The van der Waals surface area contributed by atoms with E-state index in [-0.39, 0.29) is 18.4 Å². The molecule has 0 unspecified atom stereocenters. The molecule has 4 aromatic rings. The van der Waals surface area contributed by atoms with E-state index in [1.165, 1.54) is 25.6 Å². The highest BCUT2D eigenvalue weighted by Gasteiger charge is 2.44. The van der Waals surface area contributed by atoms with E-state index in [0.717, 1.165) is 54.9 Å². The van der Waals surface area contributed by atoms with Gasteiger partial charge in [-0.15, -0.1) is 0 Å². The second-order valence-electron chi connectivity index (χ2n) is 11.4. The molecule has 2 aliphatic heterocycles. The Bertz CT molecular complexity index is 1590. The molecule has 2 saturated heterocycles. The van der Waals surface area contributed by atoms with Crippen LogP contribution in [0.15, 0.2) is 73.3 Å². The lowest BCUT2D eigenvalue weighted by Crippen LogP contribution is -2.46. The van der Waals surface area contributed by atoms with E-state index >= 15 is 0 Å². The molecule has 2 aliphatic rings. The smallest absolute Gasteiger partial charge is 0.337 e. The first kappa shape index (κ1) is 29.6. The van der Waals surface area contributed by atoms with E-state index in [1.54, 1.807) is 23.1 Å². The fraction of sp³-hybridized carbons (Fsp3) is 0.364. The quantitative estimate of drug-likeness (QED) is 0.248. The highest BCUT2D eigenvalue weighted by atomic mass is 19.1. The largest absolute Gasteiger partial charge is 0.493 e. The van der Waals surface area contributed by atoms with Crippen LogP contribution in [0, 0.1) is 24.5 Å². The van der Waals surface area contributed by atoms with Crippen LogP contribution in [0.2, 0.25) is 0 Å². The minimum absolute atomic E-state index is 0.00295. The SMILES string of the molecule is COC(=O)c1ccc(N2CCN(c3ccc(OC[C@@H]4CO[C@@](Cn5cncn5)(c5ccc(F)cc5F)C4)c(C)c3)CC2)cc1. The van der Waals surface area contributed by atoms with E-state index in [2.05, 4.69) is 32.0 Å². The van der Waals surface area contributed by atoms with Crippen molar-refractivity contribution in [3.05, 3.63) is 102 Å². The lowest BCUT2D eigenvalue weighted by Gasteiger charge is -2.37. The molecule has 6 rings (SSSR count). The van der Waals surface area contributed by atoms with E-state index in [0.29, 0.717) is 30.8 Å². The molecule has 0 amide bonds. The number of halogens is 2. The highest BCUT2D eigenvalue weighted by molar-refractivity contribution is 5.89. The number of benzene rings is 3. The first-order valence-corrected chi connectivity index (χ1v) is 14.7. The van der Waals surface area contributed by atoms with Gasteiger partial charge in [0.15, 0.2) is 0 Å². The molecule has 230 valence electrons. The lowest BCUT2D eigenvalue weighted by atomic mass is 9.87. The predicted octanol–water partition coefficient (Wildman–Crippen LogP) is 4.99. The van der Waals surface area contributed by atoms with Crippen molar-refractivity contribution in [1.29, 1.82) is 0 Å². The first-order chi connectivity index (χ1) is 21.3. The van der Waals surface area contributed by atoms with Gasteiger partial charge in [0.1, 0.15) is 35.6 Å². The number of piperazine rings is 1. The maximum Gasteiger partial charge on any atom is 0.337 e. The number of carbonyl (C=O) groups is 1. The number of nitrogens with zero attached hydrogens (tertiary/aromatic N) is 5. The molecule has 9 nitrogen and oxygen atoms in total. The maximum atomic E-state index is 14.9. The van der Waals surface area contributed by atoms with Gasteiger partial charge in [0.25, 0.3) is 0 Å². The molecule has 44 heavy (non-hydrogen) atoms. The van der Waals surface area contributed by atoms with Crippen LogP contribution in [0.1, 0.15) is 27.9 Å². The second-order valence-corrected chi connectivity index (χ2v) is 11.4. The molecular formula is C33H35F2N5O4. The van der Waals surface area contributed by atoms with E-state index in [9.17, 15) is 13.6 Å². The summed E-state index contributed by atoms with van der Waals surface area (Å²) in [5, 5.41) is 4.18. The van der Waals surface area contributed by atoms with Crippen LogP contribution in [0.5, 0.6) is 5.75 Å². The van der Waals surface area contributed by atoms with Gasteiger partial charge in [-0.1, -0.05) is 6.07 Å². The molecular weight excluding hydrogens is 568 g/mol. The van der Waals surface area contributed by atoms with Crippen LogP contribution in [0.25, 0.3) is 0 Å². The standard InChI is InChI=1S/C33H35F2N5O4/c1-23-15-28(39-13-11-38(12-14-39)27-6-3-25(4-7-27)32(41)42-2)8-10-31(23)43-18-24-17-33(44-19-24,20-40-22-36-21-37-40)29-9-5-26(34)16-30(29)35/h3-10,15-16,21-22,24H,11-14,17-20H2,1-2H3/t24-,33+/m1/s1. The molecule has 11 heteroatoms. The van der Waals surface area contributed by atoms with Crippen molar-refractivity contribution in [2.24, 2.45) is 5.92 Å². The predicted molar refractivity (Wildman–Crippen MR) is 161 cm³/mol. The number of methoxy groups -OCH3 is 1. The Hall–Kier alpha value is -4.51. The number of aryl methyl sites for hydroxylation is 1. The summed E-state index contributed by atoms with van der Waals surface area (Å²) in [6, 6.07) is 17.3. The number of ether oxygens (including phenoxy) is 3. The van der Waals surface area contributed by atoms with Crippen LogP contribution in [0.4, 0.5) is 20.2 Å². The molecule has 0 radical (unpaired) electrons. The summed E-state index contributed by atoms with van der Waals surface area (Å²) in [5.41, 5.74) is 3.08. The summed E-state index contributed by atoms with van der Waals surface area (Å²) in [5.74, 6) is -0.822. The van der Waals surface area contributed by atoms with Gasteiger partial charge in [-0.05, 0) is 67.4 Å². The third kappa shape index (κ3) is 6.23. The van der Waals surface area contributed by atoms with Crippen molar-refractivity contribution >= 4 is 17.3 Å². The van der Waals surface area contributed by atoms with Gasteiger partial charge in [0.05, 0.1) is 32.4 Å². The Morgan fingerprint density at radius 1 is 1.00 bits per heavy atom. The number of rotatable bonds is 9. The normalized spacial score (nSPS) is 20.1. The number of hydrogen-bond acceptors (Lipinski definition) is 8. The number of esters is 1. The Labute approximate surface area is 255 Å². The van der Waals surface area contributed by atoms with Gasteiger partial charge in [0.2, 0.25) is 0 Å². The van der Waals surface area contributed by atoms with Crippen LogP contribution in [-0.2, 0) is 21.6 Å². The summed E-state index contributed by atoms with van der Waals surface area (Å²) in [7, 11) is 1.38. The minimum Gasteiger partial charge on any atom is -0.493 e. The van der Waals surface area contributed by atoms with E-state index in [4.69, 9.17) is 14.2 Å². The molecule has 0 bridgehead atoms. The molecule has 2 fully saturated rings. The summed E-state index contributed by atoms with van der Waals surface area (Å²) in [6.45, 7) is 6.52. The van der Waals surface area contributed by atoms with Gasteiger partial charge in [-0.25, -0.2) is 23.2 Å². The average Bonchev–Trinajstić information content (AvgIpc) is 3.71. The molecule has 0 N–H and O–H groups in total. The zero-order chi connectivity index (χ0) is 30.7. The van der Waals surface area contributed by atoms with Gasteiger partial charge in [-0.2, -0.15) is 5.10 Å². The summed E-state index contributed by atoms with van der Waals surface area (Å²) in [4.78, 5) is 20.4. The Morgan fingerprint density at radius 3 is 2.39 bits per heavy atom. The van der Waals surface area contributed by atoms with Crippen LogP contribution in [-0.4, -0.2) is 67.2 Å². The molecule has 2 atom stereocenters. The third-order valence-corrected chi connectivity index (χ3v) is 8.45. The average molecular weight is 604 g/mol. The fourth-order valence-corrected chi connectivity index (χ4v) is 6.14. The lowest BCUT2D eigenvalue weighted by molar-refractivity contribution is -0.0206. The summed E-state index contributed by atoms with van der Waals surface area (Å²) >= 11 is 0. The van der Waals surface area contributed by atoms with Crippen molar-refractivity contribution in [2.45, 2.75) is 25.5 Å². The number of hydrogen-bond donors (Lipinski definition) is 0. The van der Waals surface area contributed by atoms with Crippen molar-refractivity contribution in [1.82, 2.24) is 14.8 Å². The molecule has 0 aliphatic carbocycles. The van der Waals surface area contributed by atoms with Gasteiger partial charge >= 0.3 is 5.97 Å². The summed E-state index contributed by atoms with van der Waals surface area (Å²) < 4.78 is 47.5. The Balaban J connectivity index is 1.06. The van der Waals surface area contributed by atoms with Crippen molar-refractivity contribution in [3.63, 3.8) is 0 Å². The molecule has 1 aromatic heterocycles. The first-order valence-electron chi connectivity index (χ1n) is 14.7. The van der Waals surface area contributed by atoms with Crippen molar-refractivity contribution < 1.29 is 27.8 Å². The molecule has 3 heterocycles. The number of carbonyl (C=O) groups excluding carboxylic acids is 1. The third-order valence-electron chi connectivity index (χ3n) is 8.45. The number of aromatic nitrogens is 3.